The third-order valence-corrected chi connectivity index (χ3v) is 3.78. The molecular formula is C15H24N2O2. The Balaban J connectivity index is 1.72. The smallest absolute Gasteiger partial charge is 0.124 e. The molecule has 1 aliphatic rings. The molecule has 19 heavy (non-hydrogen) atoms. The minimum atomic E-state index is 0.0965. The quantitative estimate of drug-likeness (QED) is 0.690. The normalized spacial score (nSPS) is 17.7. The molecule has 0 amide bonds. The summed E-state index contributed by atoms with van der Waals surface area (Å²) in [6.07, 6.45) is 3.81. The maximum Gasteiger partial charge on any atom is 0.124 e. The van der Waals surface area contributed by atoms with E-state index in [9.17, 15) is 10.2 Å². The fourth-order valence-corrected chi connectivity index (χ4v) is 2.64. The molecule has 1 aromatic rings. The van der Waals surface area contributed by atoms with Crippen LogP contribution in [0.4, 0.5) is 0 Å². The molecule has 0 bridgehead atoms. The van der Waals surface area contributed by atoms with Crippen LogP contribution >= 0.6 is 0 Å². The fraction of sp³-hybridized carbons (Fsp3) is 0.600. The molecule has 1 aliphatic heterocycles. The van der Waals surface area contributed by atoms with E-state index in [1.807, 2.05) is 6.92 Å². The van der Waals surface area contributed by atoms with E-state index in [2.05, 4.69) is 10.2 Å². The molecule has 2 rings (SSSR count). The Morgan fingerprint density at radius 2 is 2.00 bits per heavy atom. The first-order valence-electron chi connectivity index (χ1n) is 7.14. The third-order valence-electron chi connectivity index (χ3n) is 3.78. The fourth-order valence-electron chi connectivity index (χ4n) is 2.64. The second-order valence-corrected chi connectivity index (χ2v) is 5.32. The second-order valence-electron chi connectivity index (χ2n) is 5.32. The van der Waals surface area contributed by atoms with Gasteiger partial charge in [0.2, 0.25) is 0 Å². The molecule has 1 atom stereocenters. The molecule has 0 saturated carbocycles. The largest absolute Gasteiger partial charge is 0.508 e. The SMILES string of the molecule is CC(NCCCN1CCCC1)c1ccc(O)cc1O. The van der Waals surface area contributed by atoms with Gasteiger partial charge in [-0.15, -0.1) is 0 Å². The second kappa shape index (κ2) is 6.78. The van der Waals surface area contributed by atoms with Crippen LogP contribution in [0.25, 0.3) is 0 Å². The Morgan fingerprint density at radius 3 is 2.68 bits per heavy atom. The van der Waals surface area contributed by atoms with E-state index in [0.29, 0.717) is 0 Å². The average Bonchev–Trinajstić information content (AvgIpc) is 2.87. The molecule has 0 radical (unpaired) electrons. The number of hydrogen-bond acceptors (Lipinski definition) is 4. The molecule has 3 N–H and O–H groups in total. The monoisotopic (exact) mass is 264 g/mol. The van der Waals surface area contributed by atoms with Crippen LogP contribution in [0.15, 0.2) is 18.2 Å². The van der Waals surface area contributed by atoms with Crippen LogP contribution in [0, 0.1) is 0 Å². The number of benzene rings is 1. The zero-order chi connectivity index (χ0) is 13.7. The molecular weight excluding hydrogens is 240 g/mol. The van der Waals surface area contributed by atoms with Crippen molar-refractivity contribution in [2.24, 2.45) is 0 Å². The summed E-state index contributed by atoms with van der Waals surface area (Å²) in [4.78, 5) is 2.50. The molecule has 0 aliphatic carbocycles. The zero-order valence-electron chi connectivity index (χ0n) is 11.6. The number of likely N-dealkylation sites (tertiary alicyclic amines) is 1. The number of hydrogen-bond donors (Lipinski definition) is 3. The minimum Gasteiger partial charge on any atom is -0.508 e. The van der Waals surface area contributed by atoms with Crippen LogP contribution in [-0.2, 0) is 0 Å². The van der Waals surface area contributed by atoms with Crippen LogP contribution in [0.3, 0.4) is 0 Å². The molecule has 1 saturated heterocycles. The van der Waals surface area contributed by atoms with Crippen molar-refractivity contribution in [3.8, 4) is 11.5 Å². The standard InChI is InChI=1S/C15H24N2O2/c1-12(14-6-5-13(18)11-15(14)19)16-7-4-10-17-8-2-3-9-17/h5-6,11-12,16,18-19H,2-4,7-10H2,1H3. The molecule has 1 fully saturated rings. The summed E-state index contributed by atoms with van der Waals surface area (Å²) in [6, 6.07) is 4.86. The third kappa shape index (κ3) is 4.11. The van der Waals surface area contributed by atoms with Crippen molar-refractivity contribution >= 4 is 0 Å². The van der Waals surface area contributed by atoms with E-state index in [0.717, 1.165) is 25.1 Å². The number of nitrogens with one attached hydrogen (secondary N) is 1. The van der Waals surface area contributed by atoms with Gasteiger partial charge < -0.3 is 20.4 Å². The van der Waals surface area contributed by atoms with Crippen LogP contribution in [0.5, 0.6) is 11.5 Å². The highest BCUT2D eigenvalue weighted by molar-refractivity contribution is 5.40. The Hall–Kier alpha value is -1.26. The van der Waals surface area contributed by atoms with Gasteiger partial charge in [0, 0.05) is 17.7 Å². The molecule has 4 heteroatoms. The van der Waals surface area contributed by atoms with Crippen molar-refractivity contribution in [3.63, 3.8) is 0 Å². The summed E-state index contributed by atoms with van der Waals surface area (Å²) >= 11 is 0. The van der Waals surface area contributed by atoms with E-state index >= 15 is 0 Å². The lowest BCUT2D eigenvalue weighted by molar-refractivity contribution is 0.328. The van der Waals surface area contributed by atoms with Crippen molar-refractivity contribution in [3.05, 3.63) is 23.8 Å². The van der Waals surface area contributed by atoms with E-state index < -0.39 is 0 Å². The Bertz CT molecular complexity index is 403. The van der Waals surface area contributed by atoms with Crippen molar-refractivity contribution in [2.75, 3.05) is 26.2 Å². The first kappa shape index (κ1) is 14.2. The van der Waals surface area contributed by atoms with Gasteiger partial charge in [-0.1, -0.05) is 6.07 Å². The summed E-state index contributed by atoms with van der Waals surface area (Å²) in [6.45, 7) is 6.61. The summed E-state index contributed by atoms with van der Waals surface area (Å²) in [5.41, 5.74) is 0.832. The average molecular weight is 264 g/mol. The number of aromatic hydroxyl groups is 2. The lowest BCUT2D eigenvalue weighted by Crippen LogP contribution is -2.26. The van der Waals surface area contributed by atoms with E-state index in [1.165, 1.54) is 32.0 Å². The highest BCUT2D eigenvalue weighted by Gasteiger charge is 2.12. The molecule has 1 aromatic carbocycles. The van der Waals surface area contributed by atoms with Gasteiger partial charge in [0.1, 0.15) is 11.5 Å². The Morgan fingerprint density at radius 1 is 1.26 bits per heavy atom. The van der Waals surface area contributed by atoms with Crippen molar-refractivity contribution in [2.45, 2.75) is 32.2 Å². The first-order valence-corrected chi connectivity index (χ1v) is 7.14. The molecule has 1 unspecified atom stereocenters. The summed E-state index contributed by atoms with van der Waals surface area (Å²) in [5, 5.41) is 22.5. The molecule has 106 valence electrons. The number of nitrogens with zero attached hydrogens (tertiary/aromatic N) is 1. The Kier molecular flexibility index (Phi) is 5.05. The van der Waals surface area contributed by atoms with Crippen molar-refractivity contribution in [1.29, 1.82) is 0 Å². The lowest BCUT2D eigenvalue weighted by atomic mass is 10.1. The van der Waals surface area contributed by atoms with Gasteiger partial charge in [-0.05, 0) is 58.4 Å². The maximum atomic E-state index is 9.78. The van der Waals surface area contributed by atoms with Crippen LogP contribution in [-0.4, -0.2) is 41.3 Å². The number of phenolic OH excluding ortho intramolecular Hbond substituents is 2. The Labute approximate surface area is 115 Å². The van der Waals surface area contributed by atoms with E-state index in [-0.39, 0.29) is 17.5 Å². The molecule has 0 aromatic heterocycles. The van der Waals surface area contributed by atoms with Crippen LogP contribution in [0.2, 0.25) is 0 Å². The molecule has 0 spiro atoms. The van der Waals surface area contributed by atoms with Crippen LogP contribution in [0.1, 0.15) is 37.8 Å². The summed E-state index contributed by atoms with van der Waals surface area (Å²) in [5.74, 6) is 0.252. The highest BCUT2D eigenvalue weighted by Crippen LogP contribution is 2.27. The maximum absolute atomic E-state index is 9.78. The van der Waals surface area contributed by atoms with Gasteiger partial charge in [-0.25, -0.2) is 0 Å². The highest BCUT2D eigenvalue weighted by atomic mass is 16.3. The number of phenols is 2. The molecule has 1 heterocycles. The predicted octanol–water partition coefficient (Wildman–Crippen LogP) is 2.23. The van der Waals surface area contributed by atoms with Gasteiger partial charge in [0.05, 0.1) is 0 Å². The van der Waals surface area contributed by atoms with Gasteiger partial charge in [-0.2, -0.15) is 0 Å². The van der Waals surface area contributed by atoms with E-state index in [4.69, 9.17) is 0 Å². The minimum absolute atomic E-state index is 0.0965. The van der Waals surface area contributed by atoms with Gasteiger partial charge in [-0.3, -0.25) is 0 Å². The van der Waals surface area contributed by atoms with Gasteiger partial charge in [0.15, 0.2) is 0 Å². The number of rotatable bonds is 6. The van der Waals surface area contributed by atoms with Gasteiger partial charge in [0.25, 0.3) is 0 Å². The van der Waals surface area contributed by atoms with E-state index in [1.54, 1.807) is 12.1 Å². The van der Waals surface area contributed by atoms with Gasteiger partial charge >= 0.3 is 0 Å². The molecule has 4 nitrogen and oxygen atoms in total. The summed E-state index contributed by atoms with van der Waals surface area (Å²) in [7, 11) is 0. The zero-order valence-corrected chi connectivity index (χ0v) is 11.6. The predicted molar refractivity (Wildman–Crippen MR) is 76.5 cm³/mol. The first-order chi connectivity index (χ1) is 9.16. The lowest BCUT2D eigenvalue weighted by Gasteiger charge is -2.18. The van der Waals surface area contributed by atoms with Crippen molar-refractivity contribution in [1.82, 2.24) is 10.2 Å². The topological polar surface area (TPSA) is 55.7 Å². The van der Waals surface area contributed by atoms with Crippen molar-refractivity contribution < 1.29 is 10.2 Å². The van der Waals surface area contributed by atoms with Crippen LogP contribution < -0.4 is 5.32 Å². The summed E-state index contributed by atoms with van der Waals surface area (Å²) < 4.78 is 0.